The number of rotatable bonds is 8. The zero-order chi connectivity index (χ0) is 19.4. The van der Waals surface area contributed by atoms with Crippen LogP contribution in [0.15, 0.2) is 58.3 Å². The Bertz CT molecular complexity index is 980. The molecule has 0 aliphatic heterocycles. The smallest absolute Gasteiger partial charge is 0.261 e. The Morgan fingerprint density at radius 1 is 0.846 bits per heavy atom. The van der Waals surface area contributed by atoms with E-state index in [-0.39, 0.29) is 21.3 Å². The van der Waals surface area contributed by atoms with E-state index in [1.165, 1.54) is 55.5 Å². The van der Waals surface area contributed by atoms with Crippen LogP contribution in [0.5, 0.6) is 0 Å². The molecule has 7 nitrogen and oxygen atoms in total. The van der Waals surface area contributed by atoms with Crippen LogP contribution in [0, 0.1) is 0 Å². The minimum absolute atomic E-state index is 0.00353. The summed E-state index contributed by atoms with van der Waals surface area (Å²) in [6, 6.07) is 11.0. The predicted molar refractivity (Wildman–Crippen MR) is 99.2 cm³/mol. The van der Waals surface area contributed by atoms with Crippen LogP contribution in [-0.2, 0) is 20.0 Å². The average Bonchev–Trinajstić information content (AvgIpc) is 2.60. The zero-order valence-corrected chi connectivity index (χ0v) is 16.0. The normalized spacial score (nSPS) is 11.9. The predicted octanol–water partition coefficient (Wildman–Crippen LogP) is 2.38. The van der Waals surface area contributed by atoms with E-state index >= 15 is 0 Å². The van der Waals surface area contributed by atoms with Crippen LogP contribution in [0.4, 0.5) is 5.69 Å². The van der Waals surface area contributed by atoms with Crippen LogP contribution in [-0.4, -0.2) is 29.2 Å². The molecule has 2 aromatic rings. The van der Waals surface area contributed by atoms with Crippen molar-refractivity contribution in [2.75, 3.05) is 11.3 Å². The molecule has 0 bridgehead atoms. The molecule has 2 N–H and O–H groups in total. The maximum Gasteiger partial charge on any atom is 0.261 e. The van der Waals surface area contributed by atoms with Crippen LogP contribution in [0.1, 0.15) is 30.6 Å². The van der Waals surface area contributed by atoms with Crippen molar-refractivity contribution in [1.82, 2.24) is 4.72 Å². The standard InChI is InChI=1S/C17H20N2O5S2/c1-3-12-18-25(21,22)16-10-6-15(7-11-16)19-26(23,24)17-8-4-14(5-9-17)13(2)20/h4-11,18-19H,3,12H2,1-2H3. The highest BCUT2D eigenvalue weighted by atomic mass is 32.2. The third-order valence-electron chi connectivity index (χ3n) is 3.53. The maximum absolute atomic E-state index is 12.4. The molecule has 140 valence electrons. The first-order valence-corrected chi connectivity index (χ1v) is 10.9. The van der Waals surface area contributed by atoms with Crippen molar-refractivity contribution in [3.8, 4) is 0 Å². The van der Waals surface area contributed by atoms with Crippen LogP contribution >= 0.6 is 0 Å². The highest BCUT2D eigenvalue weighted by Crippen LogP contribution is 2.19. The van der Waals surface area contributed by atoms with Crippen LogP contribution in [0.3, 0.4) is 0 Å². The first-order valence-electron chi connectivity index (χ1n) is 7.89. The Kier molecular flexibility index (Phi) is 6.17. The third kappa shape index (κ3) is 4.90. The van der Waals surface area contributed by atoms with Crippen molar-refractivity contribution in [1.29, 1.82) is 0 Å². The van der Waals surface area contributed by atoms with Gasteiger partial charge in [0.15, 0.2) is 5.78 Å². The van der Waals surface area contributed by atoms with Gasteiger partial charge in [-0.05, 0) is 49.7 Å². The Hall–Kier alpha value is -2.23. The number of nitrogens with one attached hydrogen (secondary N) is 2. The fourth-order valence-corrected chi connectivity index (χ4v) is 4.30. The number of benzene rings is 2. The molecule has 0 spiro atoms. The van der Waals surface area contributed by atoms with Gasteiger partial charge in [-0.3, -0.25) is 9.52 Å². The van der Waals surface area contributed by atoms with Gasteiger partial charge < -0.3 is 0 Å². The first-order chi connectivity index (χ1) is 12.2. The van der Waals surface area contributed by atoms with E-state index in [4.69, 9.17) is 0 Å². The van der Waals surface area contributed by atoms with E-state index in [1.54, 1.807) is 0 Å². The number of hydrogen-bond acceptors (Lipinski definition) is 5. The summed E-state index contributed by atoms with van der Waals surface area (Å²) in [5.74, 6) is -0.157. The number of carbonyl (C=O) groups excluding carboxylic acids is 1. The monoisotopic (exact) mass is 396 g/mol. The first kappa shape index (κ1) is 20.1. The van der Waals surface area contributed by atoms with Gasteiger partial charge in [0.2, 0.25) is 10.0 Å². The minimum atomic E-state index is -3.84. The summed E-state index contributed by atoms with van der Waals surface area (Å²) in [6.45, 7) is 3.57. The van der Waals surface area contributed by atoms with Crippen LogP contribution in [0.2, 0.25) is 0 Å². The van der Waals surface area contributed by atoms with Crippen molar-refractivity contribution >= 4 is 31.5 Å². The highest BCUT2D eigenvalue weighted by Gasteiger charge is 2.16. The Labute approximate surface area is 153 Å². The molecule has 2 aromatic carbocycles. The van der Waals surface area contributed by atoms with E-state index in [9.17, 15) is 21.6 Å². The molecular weight excluding hydrogens is 376 g/mol. The van der Waals surface area contributed by atoms with Crippen LogP contribution < -0.4 is 9.44 Å². The molecule has 9 heteroatoms. The van der Waals surface area contributed by atoms with Gasteiger partial charge in [0.05, 0.1) is 9.79 Å². The SMILES string of the molecule is CCCNS(=O)(=O)c1ccc(NS(=O)(=O)c2ccc(C(C)=O)cc2)cc1. The largest absolute Gasteiger partial charge is 0.295 e. The van der Waals surface area contributed by atoms with Gasteiger partial charge >= 0.3 is 0 Å². The molecular formula is C17H20N2O5S2. The van der Waals surface area contributed by atoms with E-state index in [0.717, 1.165) is 0 Å². The molecule has 26 heavy (non-hydrogen) atoms. The Morgan fingerprint density at radius 3 is 1.85 bits per heavy atom. The Balaban J connectivity index is 2.18. The second-order valence-corrected chi connectivity index (χ2v) is 9.06. The zero-order valence-electron chi connectivity index (χ0n) is 14.4. The molecule has 0 atom stereocenters. The number of carbonyl (C=O) groups is 1. The van der Waals surface area contributed by atoms with E-state index < -0.39 is 20.0 Å². The van der Waals surface area contributed by atoms with E-state index in [0.29, 0.717) is 18.5 Å². The summed E-state index contributed by atoms with van der Waals surface area (Å²) in [7, 11) is -7.45. The average molecular weight is 396 g/mol. The van der Waals surface area contributed by atoms with Gasteiger partial charge in [-0.1, -0.05) is 19.1 Å². The number of hydrogen-bond donors (Lipinski definition) is 2. The Morgan fingerprint density at radius 2 is 1.35 bits per heavy atom. The van der Waals surface area contributed by atoms with Crippen LogP contribution in [0.25, 0.3) is 0 Å². The molecule has 0 aromatic heterocycles. The molecule has 0 fully saturated rings. The summed E-state index contributed by atoms with van der Waals surface area (Å²) in [4.78, 5) is 11.3. The maximum atomic E-state index is 12.4. The number of anilines is 1. The summed E-state index contributed by atoms with van der Waals surface area (Å²) in [5, 5.41) is 0. The quantitative estimate of drug-likeness (QED) is 0.666. The summed E-state index contributed by atoms with van der Waals surface area (Å²) >= 11 is 0. The lowest BCUT2D eigenvalue weighted by Gasteiger charge is -2.10. The lowest BCUT2D eigenvalue weighted by molar-refractivity contribution is 0.101. The summed E-state index contributed by atoms with van der Waals surface area (Å²) in [6.07, 6.45) is 0.666. The van der Waals surface area contributed by atoms with E-state index in [1.807, 2.05) is 6.92 Å². The van der Waals surface area contributed by atoms with Crippen molar-refractivity contribution in [3.63, 3.8) is 0 Å². The van der Waals surface area contributed by atoms with Gasteiger partial charge in [0, 0.05) is 17.8 Å². The molecule has 0 unspecified atom stereocenters. The van der Waals surface area contributed by atoms with E-state index in [2.05, 4.69) is 9.44 Å². The van der Waals surface area contributed by atoms with Crippen molar-refractivity contribution in [2.45, 2.75) is 30.1 Å². The molecule has 0 aliphatic carbocycles. The molecule has 0 heterocycles. The number of sulfonamides is 2. The molecule has 0 saturated heterocycles. The number of Topliss-reactive ketones (excluding diaryl/α,β-unsaturated/α-hetero) is 1. The third-order valence-corrected chi connectivity index (χ3v) is 6.40. The fourth-order valence-electron chi connectivity index (χ4n) is 2.10. The van der Waals surface area contributed by atoms with Crippen molar-refractivity contribution in [2.24, 2.45) is 0 Å². The van der Waals surface area contributed by atoms with Gasteiger partial charge in [-0.15, -0.1) is 0 Å². The van der Waals surface area contributed by atoms with Gasteiger partial charge in [0.1, 0.15) is 0 Å². The molecule has 2 rings (SSSR count). The molecule has 0 radical (unpaired) electrons. The number of ketones is 1. The highest BCUT2D eigenvalue weighted by molar-refractivity contribution is 7.92. The van der Waals surface area contributed by atoms with Gasteiger partial charge in [-0.2, -0.15) is 0 Å². The summed E-state index contributed by atoms with van der Waals surface area (Å²) < 4.78 is 53.6. The van der Waals surface area contributed by atoms with Gasteiger partial charge in [0.25, 0.3) is 10.0 Å². The topological polar surface area (TPSA) is 109 Å². The molecule has 0 aliphatic rings. The fraction of sp³-hybridized carbons (Fsp3) is 0.235. The molecule has 0 saturated carbocycles. The lowest BCUT2D eigenvalue weighted by Crippen LogP contribution is -2.24. The van der Waals surface area contributed by atoms with Crippen molar-refractivity contribution in [3.05, 3.63) is 54.1 Å². The molecule has 0 amide bonds. The second-order valence-electron chi connectivity index (χ2n) is 5.61. The van der Waals surface area contributed by atoms with Gasteiger partial charge in [-0.25, -0.2) is 21.6 Å². The second kappa shape index (κ2) is 7.98. The van der Waals surface area contributed by atoms with Crippen molar-refractivity contribution < 1.29 is 21.6 Å². The summed E-state index contributed by atoms with van der Waals surface area (Å²) in [5.41, 5.74) is 0.646. The minimum Gasteiger partial charge on any atom is -0.295 e. The lowest BCUT2D eigenvalue weighted by atomic mass is 10.2.